The predicted octanol–water partition coefficient (Wildman–Crippen LogP) is 4.61. The van der Waals surface area contributed by atoms with Crippen LogP contribution in [0.15, 0.2) is 40.2 Å². The second-order valence-electron chi connectivity index (χ2n) is 7.17. The van der Waals surface area contributed by atoms with E-state index in [0.29, 0.717) is 66.6 Å². The lowest BCUT2D eigenvalue weighted by Crippen LogP contribution is -2.48. The van der Waals surface area contributed by atoms with Crippen LogP contribution in [0.4, 0.5) is 0 Å². The van der Waals surface area contributed by atoms with Gasteiger partial charge in [0.25, 0.3) is 0 Å². The molecule has 0 unspecified atom stereocenters. The number of carbonyl (C=O) groups excluding carboxylic acids is 1. The maximum Gasteiger partial charge on any atom is 0.241 e. The van der Waals surface area contributed by atoms with Gasteiger partial charge in [0.15, 0.2) is 0 Å². The monoisotopic (exact) mass is 480 g/mol. The summed E-state index contributed by atoms with van der Waals surface area (Å²) < 4.78 is 11.0. The Balaban J connectivity index is 1.16. The Morgan fingerprint density at radius 3 is 2.77 bits per heavy atom. The molecule has 164 valence electrons. The van der Waals surface area contributed by atoms with E-state index in [9.17, 15) is 4.79 Å². The van der Waals surface area contributed by atoms with Gasteiger partial charge in [-0.25, -0.2) is 0 Å². The van der Waals surface area contributed by atoms with Crippen LogP contribution >= 0.6 is 34.5 Å². The Kier molecular flexibility index (Phi) is 7.45. The van der Waals surface area contributed by atoms with E-state index in [-0.39, 0.29) is 5.91 Å². The molecule has 3 heterocycles. The average molecular weight is 481 g/mol. The fraction of sp³-hybridized carbons (Fsp3) is 0.381. The zero-order chi connectivity index (χ0) is 21.6. The number of aromatic nitrogens is 2. The molecule has 0 saturated carbocycles. The van der Waals surface area contributed by atoms with Crippen LogP contribution in [0.5, 0.6) is 5.75 Å². The summed E-state index contributed by atoms with van der Waals surface area (Å²) >= 11 is 13.5. The van der Waals surface area contributed by atoms with Gasteiger partial charge in [-0.2, -0.15) is 4.98 Å². The number of ether oxygens (including phenoxy) is 1. The summed E-state index contributed by atoms with van der Waals surface area (Å²) in [6.45, 7) is 3.95. The Bertz CT molecular complexity index is 1000. The van der Waals surface area contributed by atoms with Crippen molar-refractivity contribution in [3.63, 3.8) is 0 Å². The van der Waals surface area contributed by atoms with Crippen molar-refractivity contribution in [3.05, 3.63) is 51.6 Å². The number of hydrogen-bond acceptors (Lipinski definition) is 7. The van der Waals surface area contributed by atoms with E-state index in [1.807, 2.05) is 22.4 Å². The molecule has 2 aromatic heterocycles. The van der Waals surface area contributed by atoms with Crippen LogP contribution in [0.3, 0.4) is 0 Å². The van der Waals surface area contributed by atoms with E-state index in [1.165, 1.54) is 0 Å². The minimum Gasteiger partial charge on any atom is -0.492 e. The van der Waals surface area contributed by atoms with Crippen molar-refractivity contribution in [1.82, 2.24) is 19.9 Å². The van der Waals surface area contributed by atoms with Crippen molar-refractivity contribution in [2.24, 2.45) is 0 Å². The quantitative estimate of drug-likeness (QED) is 0.438. The van der Waals surface area contributed by atoms with Gasteiger partial charge in [0, 0.05) is 37.6 Å². The molecule has 0 spiro atoms. The number of carbonyl (C=O) groups is 1. The number of halogens is 2. The van der Waals surface area contributed by atoms with Crippen molar-refractivity contribution >= 4 is 40.4 Å². The van der Waals surface area contributed by atoms with Crippen LogP contribution in [0.1, 0.15) is 18.7 Å². The predicted molar refractivity (Wildman–Crippen MR) is 121 cm³/mol. The van der Waals surface area contributed by atoms with Crippen LogP contribution in [0, 0.1) is 0 Å². The zero-order valence-corrected chi connectivity index (χ0v) is 19.1. The smallest absolute Gasteiger partial charge is 0.241 e. The van der Waals surface area contributed by atoms with E-state index in [1.54, 1.807) is 29.5 Å². The average Bonchev–Trinajstić information content (AvgIpc) is 3.45. The number of rotatable bonds is 8. The molecule has 0 N–H and O–H groups in total. The molecular weight excluding hydrogens is 459 g/mol. The Morgan fingerprint density at radius 2 is 2.03 bits per heavy atom. The molecule has 1 saturated heterocycles. The van der Waals surface area contributed by atoms with E-state index < -0.39 is 0 Å². The summed E-state index contributed by atoms with van der Waals surface area (Å²) in [5, 5.41) is 7.07. The van der Waals surface area contributed by atoms with Crippen molar-refractivity contribution in [2.75, 3.05) is 32.8 Å². The third kappa shape index (κ3) is 5.98. The Morgan fingerprint density at radius 1 is 1.19 bits per heavy atom. The number of amides is 1. The van der Waals surface area contributed by atoms with Crippen LogP contribution in [-0.4, -0.2) is 58.6 Å². The molecule has 0 radical (unpaired) electrons. The van der Waals surface area contributed by atoms with Gasteiger partial charge in [0.2, 0.25) is 17.6 Å². The molecule has 1 aliphatic heterocycles. The molecule has 0 aliphatic carbocycles. The molecule has 4 rings (SSSR count). The maximum absolute atomic E-state index is 12.5. The molecule has 7 nitrogen and oxygen atoms in total. The lowest BCUT2D eigenvalue weighted by molar-refractivity contribution is -0.133. The van der Waals surface area contributed by atoms with Crippen molar-refractivity contribution < 1.29 is 14.1 Å². The lowest BCUT2D eigenvalue weighted by atomic mass is 10.2. The van der Waals surface area contributed by atoms with Crippen LogP contribution in [0.2, 0.25) is 10.0 Å². The summed E-state index contributed by atoms with van der Waals surface area (Å²) in [5.74, 6) is 1.95. The van der Waals surface area contributed by atoms with E-state index >= 15 is 0 Å². The van der Waals surface area contributed by atoms with Gasteiger partial charge in [-0.3, -0.25) is 9.69 Å². The first kappa shape index (κ1) is 22.1. The Hall–Kier alpha value is -2.13. The van der Waals surface area contributed by atoms with Crippen LogP contribution in [-0.2, 0) is 11.3 Å². The fourth-order valence-electron chi connectivity index (χ4n) is 3.33. The van der Waals surface area contributed by atoms with Gasteiger partial charge in [-0.1, -0.05) is 34.4 Å². The first-order valence-corrected chi connectivity index (χ1v) is 11.7. The molecular formula is C21H22Cl2N4O3S. The molecule has 0 atom stereocenters. The Labute approximate surface area is 194 Å². The van der Waals surface area contributed by atoms with E-state index in [4.69, 9.17) is 32.5 Å². The molecule has 1 fully saturated rings. The minimum absolute atomic E-state index is 0.142. The third-order valence-electron chi connectivity index (χ3n) is 4.98. The number of benzene rings is 1. The number of piperazine rings is 1. The van der Waals surface area contributed by atoms with E-state index in [2.05, 4.69) is 15.0 Å². The largest absolute Gasteiger partial charge is 0.492 e. The highest BCUT2D eigenvalue weighted by Gasteiger charge is 2.22. The molecule has 10 heteroatoms. The highest BCUT2D eigenvalue weighted by molar-refractivity contribution is 7.13. The van der Waals surface area contributed by atoms with Crippen molar-refractivity contribution in [2.45, 2.75) is 19.4 Å². The molecule has 1 amide bonds. The molecule has 1 aromatic carbocycles. The van der Waals surface area contributed by atoms with E-state index in [0.717, 1.165) is 18.0 Å². The lowest BCUT2D eigenvalue weighted by Gasteiger charge is -2.34. The van der Waals surface area contributed by atoms with Gasteiger partial charge >= 0.3 is 0 Å². The molecule has 1 aliphatic rings. The third-order valence-corrected chi connectivity index (χ3v) is 6.38. The van der Waals surface area contributed by atoms with Gasteiger partial charge in [-0.15, -0.1) is 11.3 Å². The van der Waals surface area contributed by atoms with Gasteiger partial charge in [0.05, 0.1) is 23.1 Å². The van der Waals surface area contributed by atoms with Crippen LogP contribution < -0.4 is 4.74 Å². The van der Waals surface area contributed by atoms with Crippen LogP contribution in [0.25, 0.3) is 10.7 Å². The fourth-order valence-corrected chi connectivity index (χ4v) is 4.44. The van der Waals surface area contributed by atoms with Crippen molar-refractivity contribution in [3.8, 4) is 16.5 Å². The van der Waals surface area contributed by atoms with Crippen molar-refractivity contribution in [1.29, 1.82) is 0 Å². The topological polar surface area (TPSA) is 71.7 Å². The number of nitrogens with zero attached hydrogens (tertiary/aromatic N) is 4. The summed E-state index contributed by atoms with van der Waals surface area (Å²) in [7, 11) is 0. The van der Waals surface area contributed by atoms with Gasteiger partial charge < -0.3 is 14.2 Å². The second-order valence-corrected chi connectivity index (χ2v) is 8.96. The zero-order valence-electron chi connectivity index (χ0n) is 16.8. The standard InChI is InChI=1S/C21H22Cl2N4O3S/c22-15-5-6-17(16(23)13-15)29-11-1-4-20(28)27-9-7-26(8-10-27)14-19-24-21(25-30-19)18-3-2-12-31-18/h2-3,5-6,12-13H,1,4,7-11,14H2. The molecule has 0 bridgehead atoms. The SMILES string of the molecule is O=C(CCCOc1ccc(Cl)cc1Cl)N1CCN(Cc2nc(-c3cccs3)no2)CC1. The summed E-state index contributed by atoms with van der Waals surface area (Å²) in [5.41, 5.74) is 0. The summed E-state index contributed by atoms with van der Waals surface area (Å²) in [4.78, 5) is 22.1. The van der Waals surface area contributed by atoms with Gasteiger partial charge in [0.1, 0.15) is 5.75 Å². The normalized spacial score (nSPS) is 14.7. The highest BCUT2D eigenvalue weighted by Crippen LogP contribution is 2.27. The number of hydrogen-bond donors (Lipinski definition) is 0. The summed E-state index contributed by atoms with van der Waals surface area (Å²) in [6.07, 6.45) is 1.07. The maximum atomic E-state index is 12.5. The highest BCUT2D eigenvalue weighted by atomic mass is 35.5. The first-order valence-electron chi connectivity index (χ1n) is 10.0. The molecule has 3 aromatic rings. The molecule has 31 heavy (non-hydrogen) atoms. The number of thiophene rings is 1. The van der Waals surface area contributed by atoms with Gasteiger partial charge in [-0.05, 0) is 36.1 Å². The second kappa shape index (κ2) is 10.5. The summed E-state index contributed by atoms with van der Waals surface area (Å²) in [6, 6.07) is 9.04. The first-order chi connectivity index (χ1) is 15.1. The minimum atomic E-state index is 0.142.